The summed E-state index contributed by atoms with van der Waals surface area (Å²) in [6.07, 6.45) is 1.38. The Hall–Kier alpha value is -2.47. The molecule has 0 saturated heterocycles. The normalized spacial score (nSPS) is 10.5. The minimum absolute atomic E-state index is 0.239. The maximum Gasteiger partial charge on any atom is 0.258 e. The van der Waals surface area contributed by atoms with E-state index in [1.807, 2.05) is 24.3 Å². The van der Waals surface area contributed by atoms with Crippen LogP contribution in [0.3, 0.4) is 0 Å². The minimum atomic E-state index is -0.296. The number of nitrogens with one attached hydrogen (secondary N) is 2. The van der Waals surface area contributed by atoms with Crippen molar-refractivity contribution in [2.24, 2.45) is 0 Å². The van der Waals surface area contributed by atoms with Gasteiger partial charge in [-0.25, -0.2) is 4.98 Å². The number of carbonyl (C=O) groups excluding carboxylic acids is 1. The summed E-state index contributed by atoms with van der Waals surface area (Å²) in [6, 6.07) is 10.4. The molecule has 0 unspecified atom stereocenters. The number of aromatic nitrogens is 2. The second-order valence-corrected chi connectivity index (χ2v) is 4.91. The minimum Gasteiger partial charge on any atom is -0.328 e. The quantitative estimate of drug-likeness (QED) is 0.750. The van der Waals surface area contributed by atoms with Gasteiger partial charge in [0.2, 0.25) is 5.56 Å². The molecule has 1 aromatic carbocycles. The molecule has 0 aliphatic rings. The van der Waals surface area contributed by atoms with E-state index in [-0.39, 0.29) is 11.5 Å². The Morgan fingerprint density at radius 3 is 2.79 bits per heavy atom. The number of hydrogen-bond donors (Lipinski definition) is 2. The number of carbonyl (C=O) groups is 1. The number of benzene rings is 1. The second kappa shape index (κ2) is 4.66. The fraction of sp³-hybridized carbons (Fsp3) is 0. The van der Waals surface area contributed by atoms with Crippen molar-refractivity contribution >= 4 is 32.6 Å². The first-order valence-electron chi connectivity index (χ1n) is 5.58. The number of thiazole rings is 1. The van der Waals surface area contributed by atoms with E-state index in [0.717, 1.165) is 10.2 Å². The van der Waals surface area contributed by atoms with E-state index in [1.165, 1.54) is 29.7 Å². The van der Waals surface area contributed by atoms with Gasteiger partial charge in [-0.05, 0) is 18.2 Å². The SMILES string of the molecule is O=C(Nc1nc2ccccc2s1)c1ccc(=O)[nH]c1. The van der Waals surface area contributed by atoms with Crippen molar-refractivity contribution in [3.8, 4) is 0 Å². The van der Waals surface area contributed by atoms with Crippen LogP contribution in [-0.4, -0.2) is 15.9 Å². The van der Waals surface area contributed by atoms with Crippen LogP contribution in [0.5, 0.6) is 0 Å². The van der Waals surface area contributed by atoms with Gasteiger partial charge in [-0.3, -0.25) is 14.9 Å². The lowest BCUT2D eigenvalue weighted by Crippen LogP contribution is -2.14. The van der Waals surface area contributed by atoms with Gasteiger partial charge in [0.15, 0.2) is 5.13 Å². The van der Waals surface area contributed by atoms with Gasteiger partial charge in [0, 0.05) is 12.3 Å². The summed E-state index contributed by atoms with van der Waals surface area (Å²) < 4.78 is 1.01. The second-order valence-electron chi connectivity index (χ2n) is 3.88. The monoisotopic (exact) mass is 271 g/mol. The van der Waals surface area contributed by atoms with Crippen LogP contribution in [0.1, 0.15) is 10.4 Å². The van der Waals surface area contributed by atoms with Crippen LogP contribution in [-0.2, 0) is 0 Å². The topological polar surface area (TPSA) is 74.8 Å². The van der Waals surface area contributed by atoms with E-state index >= 15 is 0 Å². The first-order valence-corrected chi connectivity index (χ1v) is 6.40. The molecule has 94 valence electrons. The average Bonchev–Trinajstić information content (AvgIpc) is 2.81. The summed E-state index contributed by atoms with van der Waals surface area (Å²) in [5.74, 6) is -0.296. The molecule has 3 rings (SSSR count). The molecule has 5 nitrogen and oxygen atoms in total. The number of rotatable bonds is 2. The van der Waals surface area contributed by atoms with E-state index in [1.54, 1.807) is 0 Å². The lowest BCUT2D eigenvalue weighted by molar-refractivity contribution is 0.102. The molecule has 3 aromatic rings. The predicted octanol–water partition coefficient (Wildman–Crippen LogP) is 2.24. The number of amides is 1. The Balaban J connectivity index is 1.86. The smallest absolute Gasteiger partial charge is 0.258 e. The van der Waals surface area contributed by atoms with Crippen LogP contribution >= 0.6 is 11.3 Å². The number of aromatic amines is 1. The van der Waals surface area contributed by atoms with Crippen LogP contribution < -0.4 is 10.9 Å². The Labute approximate surface area is 111 Å². The summed E-state index contributed by atoms with van der Waals surface area (Å²) in [6.45, 7) is 0. The number of hydrogen-bond acceptors (Lipinski definition) is 4. The molecule has 2 heterocycles. The molecule has 0 spiro atoms. The molecule has 2 aromatic heterocycles. The van der Waals surface area contributed by atoms with E-state index in [9.17, 15) is 9.59 Å². The van der Waals surface area contributed by atoms with Crippen molar-refractivity contribution in [2.75, 3.05) is 5.32 Å². The maximum atomic E-state index is 11.9. The number of fused-ring (bicyclic) bond motifs is 1. The van der Waals surface area contributed by atoms with Crippen molar-refractivity contribution in [2.45, 2.75) is 0 Å². The van der Waals surface area contributed by atoms with E-state index in [2.05, 4.69) is 15.3 Å². The molecule has 1 amide bonds. The predicted molar refractivity (Wildman–Crippen MR) is 74.6 cm³/mol. The summed E-state index contributed by atoms with van der Waals surface area (Å²) in [5, 5.41) is 3.25. The molecule has 19 heavy (non-hydrogen) atoms. The summed E-state index contributed by atoms with van der Waals surface area (Å²) in [4.78, 5) is 29.6. The molecule has 6 heteroatoms. The van der Waals surface area contributed by atoms with Gasteiger partial charge in [-0.2, -0.15) is 0 Å². The molecular weight excluding hydrogens is 262 g/mol. The van der Waals surface area contributed by atoms with Crippen molar-refractivity contribution in [3.63, 3.8) is 0 Å². The third-order valence-corrected chi connectivity index (χ3v) is 3.51. The lowest BCUT2D eigenvalue weighted by Gasteiger charge is -1.99. The number of anilines is 1. The Morgan fingerprint density at radius 1 is 1.21 bits per heavy atom. The van der Waals surface area contributed by atoms with E-state index in [0.29, 0.717) is 10.7 Å². The molecule has 0 atom stereocenters. The van der Waals surface area contributed by atoms with Gasteiger partial charge < -0.3 is 4.98 Å². The van der Waals surface area contributed by atoms with Crippen LogP contribution in [0.4, 0.5) is 5.13 Å². The van der Waals surface area contributed by atoms with Crippen molar-refractivity contribution in [3.05, 3.63) is 58.5 Å². The van der Waals surface area contributed by atoms with Crippen molar-refractivity contribution < 1.29 is 4.79 Å². The highest BCUT2D eigenvalue weighted by molar-refractivity contribution is 7.22. The van der Waals surface area contributed by atoms with E-state index < -0.39 is 0 Å². The summed E-state index contributed by atoms with van der Waals surface area (Å²) in [5.41, 5.74) is 1.000. The third-order valence-electron chi connectivity index (χ3n) is 2.56. The molecule has 0 aliphatic carbocycles. The number of nitrogens with zero attached hydrogens (tertiary/aromatic N) is 1. The molecule has 0 saturated carbocycles. The van der Waals surface area contributed by atoms with Crippen molar-refractivity contribution in [1.82, 2.24) is 9.97 Å². The molecule has 0 bridgehead atoms. The van der Waals surface area contributed by atoms with Gasteiger partial charge in [0.25, 0.3) is 5.91 Å². The van der Waals surface area contributed by atoms with Crippen LogP contribution in [0, 0.1) is 0 Å². The van der Waals surface area contributed by atoms with E-state index in [4.69, 9.17) is 0 Å². The highest BCUT2D eigenvalue weighted by Gasteiger charge is 2.09. The highest BCUT2D eigenvalue weighted by Crippen LogP contribution is 2.25. The molecule has 0 fully saturated rings. The Kier molecular flexibility index (Phi) is 2.85. The van der Waals surface area contributed by atoms with Crippen molar-refractivity contribution in [1.29, 1.82) is 0 Å². The Morgan fingerprint density at radius 2 is 2.05 bits per heavy atom. The fourth-order valence-electron chi connectivity index (χ4n) is 1.65. The first kappa shape index (κ1) is 11.6. The van der Waals surface area contributed by atoms with Gasteiger partial charge in [0.05, 0.1) is 15.8 Å². The summed E-state index contributed by atoms with van der Waals surface area (Å²) >= 11 is 1.41. The van der Waals surface area contributed by atoms with Gasteiger partial charge in [0.1, 0.15) is 0 Å². The van der Waals surface area contributed by atoms with Crippen LogP contribution in [0.15, 0.2) is 47.4 Å². The number of H-pyrrole nitrogens is 1. The lowest BCUT2D eigenvalue weighted by atomic mass is 10.3. The Bertz CT molecular complexity index is 753. The zero-order chi connectivity index (χ0) is 13.2. The zero-order valence-electron chi connectivity index (χ0n) is 9.71. The largest absolute Gasteiger partial charge is 0.328 e. The molecule has 0 aliphatic heterocycles. The maximum absolute atomic E-state index is 11.9. The molecule has 0 radical (unpaired) electrons. The van der Waals surface area contributed by atoms with Gasteiger partial charge in [-0.1, -0.05) is 23.5 Å². The summed E-state index contributed by atoms with van der Waals surface area (Å²) in [7, 11) is 0. The zero-order valence-corrected chi connectivity index (χ0v) is 10.5. The van der Waals surface area contributed by atoms with Gasteiger partial charge in [-0.15, -0.1) is 0 Å². The first-order chi connectivity index (χ1) is 9.22. The molecular formula is C13H9N3O2S. The number of pyridine rings is 1. The fourth-order valence-corrected chi connectivity index (χ4v) is 2.51. The average molecular weight is 271 g/mol. The molecule has 2 N–H and O–H groups in total. The van der Waals surface area contributed by atoms with Crippen LogP contribution in [0.2, 0.25) is 0 Å². The van der Waals surface area contributed by atoms with Crippen LogP contribution in [0.25, 0.3) is 10.2 Å². The standard InChI is InChI=1S/C13H9N3O2S/c17-11-6-5-8(7-14-11)12(18)16-13-15-9-3-1-2-4-10(9)19-13/h1-7H,(H,14,17)(H,15,16,18). The number of para-hydroxylation sites is 1. The van der Waals surface area contributed by atoms with Gasteiger partial charge >= 0.3 is 0 Å². The third kappa shape index (κ3) is 2.38. The highest BCUT2D eigenvalue weighted by atomic mass is 32.1.